The lowest BCUT2D eigenvalue weighted by Crippen LogP contribution is -2.50. The molecule has 2 heterocycles. The number of amides is 1. The van der Waals surface area contributed by atoms with Crippen LogP contribution in [0.4, 0.5) is 0 Å². The summed E-state index contributed by atoms with van der Waals surface area (Å²) < 4.78 is 1.56. The van der Waals surface area contributed by atoms with Gasteiger partial charge in [0.25, 0.3) is 11.5 Å². The second kappa shape index (κ2) is 7.18. The number of carbonyl (C=O) groups is 1. The molecule has 1 aromatic heterocycles. The quantitative estimate of drug-likeness (QED) is 0.754. The van der Waals surface area contributed by atoms with E-state index in [2.05, 4.69) is 24.8 Å². The van der Waals surface area contributed by atoms with Crippen LogP contribution in [0.5, 0.6) is 0 Å². The normalized spacial score (nSPS) is 27.0. The van der Waals surface area contributed by atoms with Gasteiger partial charge in [-0.2, -0.15) is 0 Å². The van der Waals surface area contributed by atoms with Crippen molar-refractivity contribution in [3.63, 3.8) is 0 Å². The van der Waals surface area contributed by atoms with Crippen molar-refractivity contribution in [3.8, 4) is 0 Å². The van der Waals surface area contributed by atoms with Crippen LogP contribution in [0.2, 0.25) is 0 Å². The number of allylic oxidation sites excluding steroid dienone is 1. The van der Waals surface area contributed by atoms with E-state index in [1.807, 2.05) is 17.9 Å². The zero-order chi connectivity index (χ0) is 20.1. The molecule has 2 bridgehead atoms. The van der Waals surface area contributed by atoms with Crippen LogP contribution in [0, 0.1) is 24.2 Å². The minimum Gasteiger partial charge on any atom is -0.337 e. The van der Waals surface area contributed by atoms with E-state index in [0.717, 1.165) is 50.1 Å². The molecule has 0 spiro atoms. The second-order valence-corrected chi connectivity index (χ2v) is 9.50. The third-order valence-corrected chi connectivity index (χ3v) is 7.65. The predicted molar refractivity (Wildman–Crippen MR) is 111 cm³/mol. The molecular weight excluding hydrogens is 350 g/mol. The second-order valence-electron chi connectivity index (χ2n) is 9.50. The van der Waals surface area contributed by atoms with Gasteiger partial charge in [-0.1, -0.05) is 25.5 Å². The molecule has 0 unspecified atom stereocenters. The molecule has 3 aliphatic carbocycles. The van der Waals surface area contributed by atoms with Crippen molar-refractivity contribution < 1.29 is 4.79 Å². The van der Waals surface area contributed by atoms with Gasteiger partial charge < -0.3 is 9.47 Å². The first kappa shape index (κ1) is 19.4. The molecule has 5 nitrogen and oxygen atoms in total. The molecule has 2 atom stereocenters. The van der Waals surface area contributed by atoms with Crippen LogP contribution in [0.25, 0.3) is 0 Å². The lowest BCUT2D eigenvalue weighted by molar-refractivity contribution is -0.0105. The van der Waals surface area contributed by atoms with Gasteiger partial charge in [0.2, 0.25) is 0 Å². The van der Waals surface area contributed by atoms with E-state index in [1.54, 1.807) is 23.3 Å². The fourth-order valence-electron chi connectivity index (χ4n) is 5.31. The molecule has 152 valence electrons. The van der Waals surface area contributed by atoms with E-state index in [1.165, 1.54) is 12.8 Å². The Bertz CT molecular complexity index is 867. The summed E-state index contributed by atoms with van der Waals surface area (Å²) in [6.45, 7) is 11.1. The van der Waals surface area contributed by atoms with Crippen molar-refractivity contribution in [1.29, 1.82) is 0 Å². The molecule has 1 amide bonds. The Morgan fingerprint density at radius 3 is 2.68 bits per heavy atom. The molecule has 0 radical (unpaired) electrons. The third-order valence-electron chi connectivity index (χ3n) is 7.65. The van der Waals surface area contributed by atoms with Gasteiger partial charge in [0.1, 0.15) is 5.56 Å². The fourth-order valence-corrected chi connectivity index (χ4v) is 5.31. The number of carbonyl (C=O) groups excluding carboxylic acids is 1. The Kier molecular flexibility index (Phi) is 4.98. The van der Waals surface area contributed by atoms with Crippen molar-refractivity contribution in [2.24, 2.45) is 24.3 Å². The van der Waals surface area contributed by atoms with Crippen LogP contribution in [0.3, 0.4) is 0 Å². The number of aryl methyl sites for hydroxylation is 1. The number of nitrogens with zero attached hydrogens (tertiary/aromatic N) is 3. The highest BCUT2D eigenvalue weighted by Crippen LogP contribution is 2.59. The molecule has 1 saturated carbocycles. The summed E-state index contributed by atoms with van der Waals surface area (Å²) >= 11 is 0. The van der Waals surface area contributed by atoms with E-state index in [-0.39, 0.29) is 11.5 Å². The van der Waals surface area contributed by atoms with Gasteiger partial charge >= 0.3 is 0 Å². The predicted octanol–water partition coefficient (Wildman–Crippen LogP) is 2.83. The maximum atomic E-state index is 13.0. The maximum Gasteiger partial charge on any atom is 0.263 e. The zero-order valence-corrected chi connectivity index (χ0v) is 17.7. The van der Waals surface area contributed by atoms with Gasteiger partial charge in [0.15, 0.2) is 0 Å². The standard InChI is InChI=1S/C23H33N3O2/c1-16-6-9-19(21(27)24(16)4)22(28)26-11-5-10-25(12-13-26)15-17-7-8-18-14-20(17)23(18,2)3/h6-7,9,18,20H,5,8,10-15H2,1-4H3/t18-,20-/m0/s1. The highest BCUT2D eigenvalue weighted by atomic mass is 16.2. The Hall–Kier alpha value is -1.88. The maximum absolute atomic E-state index is 13.0. The highest BCUT2D eigenvalue weighted by Gasteiger charge is 2.51. The summed E-state index contributed by atoms with van der Waals surface area (Å²) in [5.41, 5.74) is 3.04. The summed E-state index contributed by atoms with van der Waals surface area (Å²) in [6, 6.07) is 3.53. The first-order valence-electron chi connectivity index (χ1n) is 10.7. The number of hydrogen-bond acceptors (Lipinski definition) is 3. The van der Waals surface area contributed by atoms with E-state index >= 15 is 0 Å². The molecule has 0 aromatic carbocycles. The molecule has 1 saturated heterocycles. The number of pyridine rings is 1. The van der Waals surface area contributed by atoms with Crippen molar-refractivity contribution in [1.82, 2.24) is 14.4 Å². The minimum atomic E-state index is -0.194. The van der Waals surface area contributed by atoms with Crippen LogP contribution in [-0.4, -0.2) is 53.0 Å². The first-order chi connectivity index (χ1) is 13.3. The van der Waals surface area contributed by atoms with Crippen molar-refractivity contribution >= 4 is 5.91 Å². The van der Waals surface area contributed by atoms with E-state index in [0.29, 0.717) is 17.5 Å². The molecule has 5 heteroatoms. The summed E-state index contributed by atoms with van der Waals surface area (Å²) in [5, 5.41) is 0. The number of hydrogen-bond donors (Lipinski definition) is 0. The highest BCUT2D eigenvalue weighted by molar-refractivity contribution is 5.93. The van der Waals surface area contributed by atoms with Crippen LogP contribution in [0.15, 0.2) is 28.6 Å². The molecule has 2 fully saturated rings. The van der Waals surface area contributed by atoms with Crippen LogP contribution < -0.4 is 5.56 Å². The lowest BCUT2D eigenvalue weighted by Gasteiger charge is -2.57. The van der Waals surface area contributed by atoms with E-state index < -0.39 is 0 Å². The largest absolute Gasteiger partial charge is 0.337 e. The van der Waals surface area contributed by atoms with Gasteiger partial charge in [0, 0.05) is 45.5 Å². The van der Waals surface area contributed by atoms with Gasteiger partial charge in [-0.25, -0.2) is 0 Å². The molecule has 28 heavy (non-hydrogen) atoms. The summed E-state index contributed by atoms with van der Waals surface area (Å²) in [4.78, 5) is 29.8. The minimum absolute atomic E-state index is 0.123. The first-order valence-corrected chi connectivity index (χ1v) is 10.7. The number of fused-ring (bicyclic) bond motifs is 1. The van der Waals surface area contributed by atoms with Crippen LogP contribution in [-0.2, 0) is 7.05 Å². The SMILES string of the molecule is Cc1ccc(C(=O)N2CCCN(CC3=CC[C@H]4C[C@@H]3C4(C)C)CC2)c(=O)n1C. The molecule has 1 aromatic rings. The van der Waals surface area contributed by atoms with Crippen LogP contribution in [0.1, 0.15) is 49.2 Å². The number of rotatable bonds is 3. The van der Waals surface area contributed by atoms with Gasteiger partial charge in [-0.3, -0.25) is 14.5 Å². The van der Waals surface area contributed by atoms with Crippen molar-refractivity contribution in [2.45, 2.75) is 40.0 Å². The van der Waals surface area contributed by atoms with Gasteiger partial charge in [-0.15, -0.1) is 0 Å². The molecule has 4 aliphatic rings. The van der Waals surface area contributed by atoms with Crippen molar-refractivity contribution in [3.05, 3.63) is 45.4 Å². The summed E-state index contributed by atoms with van der Waals surface area (Å²) in [5.74, 6) is 1.49. The average Bonchev–Trinajstić information content (AvgIpc) is 2.91. The summed E-state index contributed by atoms with van der Waals surface area (Å²) in [6.07, 6.45) is 6.03. The smallest absolute Gasteiger partial charge is 0.263 e. The van der Waals surface area contributed by atoms with Crippen molar-refractivity contribution in [2.75, 3.05) is 32.7 Å². The lowest BCUT2D eigenvalue weighted by atomic mass is 9.49. The monoisotopic (exact) mass is 383 g/mol. The molecule has 5 rings (SSSR count). The molecule has 1 aliphatic heterocycles. The third kappa shape index (κ3) is 3.24. The van der Waals surface area contributed by atoms with Crippen LogP contribution >= 0.6 is 0 Å². The Morgan fingerprint density at radius 1 is 1.18 bits per heavy atom. The molecular formula is C23H33N3O2. The Labute approximate surface area is 168 Å². The van der Waals surface area contributed by atoms with Gasteiger partial charge in [-0.05, 0) is 55.6 Å². The zero-order valence-electron chi connectivity index (χ0n) is 17.7. The Morgan fingerprint density at radius 2 is 1.96 bits per heavy atom. The van der Waals surface area contributed by atoms with Gasteiger partial charge in [0.05, 0.1) is 0 Å². The number of aromatic nitrogens is 1. The molecule has 0 N–H and O–H groups in total. The Balaban J connectivity index is 1.40. The van der Waals surface area contributed by atoms with E-state index in [9.17, 15) is 9.59 Å². The summed E-state index contributed by atoms with van der Waals surface area (Å²) in [7, 11) is 1.73. The van der Waals surface area contributed by atoms with E-state index in [4.69, 9.17) is 0 Å². The average molecular weight is 384 g/mol. The fraction of sp³-hybridized carbons (Fsp3) is 0.652. The topological polar surface area (TPSA) is 45.6 Å².